The number of aryl methyl sites for hydroxylation is 1. The third-order valence-corrected chi connectivity index (χ3v) is 3.27. The summed E-state index contributed by atoms with van der Waals surface area (Å²) in [6.07, 6.45) is 3.99. The van der Waals surface area contributed by atoms with Gasteiger partial charge in [0.1, 0.15) is 5.75 Å². The van der Waals surface area contributed by atoms with Gasteiger partial charge in [-0.2, -0.15) is 0 Å². The molecule has 20 heavy (non-hydrogen) atoms. The summed E-state index contributed by atoms with van der Waals surface area (Å²) in [5, 5.41) is 8.92. The highest BCUT2D eigenvalue weighted by molar-refractivity contribution is 5.28. The smallest absolute Gasteiger partial charge is 0.119 e. The molecule has 0 aliphatic rings. The van der Waals surface area contributed by atoms with E-state index in [1.807, 2.05) is 30.3 Å². The summed E-state index contributed by atoms with van der Waals surface area (Å²) in [5.41, 5.74) is 2.51. The van der Waals surface area contributed by atoms with Gasteiger partial charge in [-0.3, -0.25) is 0 Å². The Morgan fingerprint density at radius 1 is 0.800 bits per heavy atom. The first-order valence-electron chi connectivity index (χ1n) is 7.25. The van der Waals surface area contributed by atoms with Crippen molar-refractivity contribution in [1.82, 2.24) is 0 Å². The average Bonchev–Trinajstić information content (AvgIpc) is 2.49. The van der Waals surface area contributed by atoms with Crippen LogP contribution in [0.15, 0.2) is 54.6 Å². The van der Waals surface area contributed by atoms with Crippen molar-refractivity contribution in [3.05, 3.63) is 65.7 Å². The van der Waals surface area contributed by atoms with Gasteiger partial charge in [0.2, 0.25) is 0 Å². The molecule has 0 aromatic heterocycles. The molecule has 0 heterocycles. The third kappa shape index (κ3) is 5.06. The van der Waals surface area contributed by atoms with E-state index in [9.17, 15) is 0 Å². The second-order valence-corrected chi connectivity index (χ2v) is 4.91. The molecule has 0 saturated carbocycles. The van der Waals surface area contributed by atoms with Crippen LogP contribution in [0.2, 0.25) is 0 Å². The predicted molar refractivity (Wildman–Crippen MR) is 82.1 cm³/mol. The third-order valence-electron chi connectivity index (χ3n) is 3.27. The minimum absolute atomic E-state index is 0.181. The van der Waals surface area contributed by atoms with Gasteiger partial charge in [0.05, 0.1) is 6.61 Å². The number of ether oxygens (including phenoxy) is 1. The van der Waals surface area contributed by atoms with Crippen molar-refractivity contribution in [3.63, 3.8) is 0 Å². The highest BCUT2D eigenvalue weighted by Crippen LogP contribution is 2.14. The van der Waals surface area contributed by atoms with E-state index in [0.29, 0.717) is 6.42 Å². The van der Waals surface area contributed by atoms with Gasteiger partial charge in [-0.1, -0.05) is 42.5 Å². The fourth-order valence-corrected chi connectivity index (χ4v) is 2.19. The Bertz CT molecular complexity index is 494. The van der Waals surface area contributed by atoms with Crippen LogP contribution in [-0.2, 0) is 12.8 Å². The maximum Gasteiger partial charge on any atom is 0.119 e. The van der Waals surface area contributed by atoms with E-state index in [1.165, 1.54) is 5.56 Å². The van der Waals surface area contributed by atoms with Crippen LogP contribution in [0.4, 0.5) is 0 Å². The van der Waals surface area contributed by atoms with Crippen LogP contribution in [0.3, 0.4) is 0 Å². The normalized spacial score (nSPS) is 10.4. The Labute approximate surface area is 121 Å². The van der Waals surface area contributed by atoms with Crippen molar-refractivity contribution in [2.24, 2.45) is 0 Å². The Morgan fingerprint density at radius 2 is 1.60 bits per heavy atom. The zero-order valence-electron chi connectivity index (χ0n) is 11.8. The SMILES string of the molecule is OCCc1cccc(OCCCCc2ccccc2)c1. The molecule has 0 unspecified atom stereocenters. The number of unbranched alkanes of at least 4 members (excludes halogenated alkanes) is 1. The van der Waals surface area contributed by atoms with Gasteiger partial charge < -0.3 is 9.84 Å². The largest absolute Gasteiger partial charge is 0.494 e. The number of aliphatic hydroxyl groups is 1. The monoisotopic (exact) mass is 270 g/mol. The molecular weight excluding hydrogens is 248 g/mol. The molecule has 0 spiro atoms. The van der Waals surface area contributed by atoms with E-state index >= 15 is 0 Å². The van der Waals surface area contributed by atoms with Crippen molar-refractivity contribution >= 4 is 0 Å². The van der Waals surface area contributed by atoms with E-state index in [0.717, 1.165) is 37.2 Å². The van der Waals surface area contributed by atoms with Gasteiger partial charge in [-0.05, 0) is 48.9 Å². The van der Waals surface area contributed by atoms with E-state index in [4.69, 9.17) is 9.84 Å². The summed E-state index contributed by atoms with van der Waals surface area (Å²) in [7, 11) is 0. The fourth-order valence-electron chi connectivity index (χ4n) is 2.19. The molecule has 2 rings (SSSR count). The quantitative estimate of drug-likeness (QED) is 0.742. The zero-order valence-corrected chi connectivity index (χ0v) is 11.8. The molecule has 2 heteroatoms. The molecule has 2 aromatic carbocycles. The van der Waals surface area contributed by atoms with Crippen molar-refractivity contribution in [3.8, 4) is 5.75 Å². The van der Waals surface area contributed by atoms with Gasteiger partial charge in [0, 0.05) is 6.61 Å². The first kappa shape index (κ1) is 14.6. The molecule has 1 N–H and O–H groups in total. The van der Waals surface area contributed by atoms with Crippen molar-refractivity contribution in [2.45, 2.75) is 25.7 Å². The fraction of sp³-hybridized carbons (Fsp3) is 0.333. The van der Waals surface area contributed by atoms with E-state index in [-0.39, 0.29) is 6.61 Å². The molecular formula is C18H22O2. The van der Waals surface area contributed by atoms with Crippen LogP contribution >= 0.6 is 0 Å². The van der Waals surface area contributed by atoms with Crippen LogP contribution < -0.4 is 4.74 Å². The van der Waals surface area contributed by atoms with Gasteiger partial charge in [0.15, 0.2) is 0 Å². The van der Waals surface area contributed by atoms with Crippen LogP contribution in [-0.4, -0.2) is 18.3 Å². The van der Waals surface area contributed by atoms with E-state index in [1.54, 1.807) is 0 Å². The van der Waals surface area contributed by atoms with Crippen molar-refractivity contribution < 1.29 is 9.84 Å². The predicted octanol–water partition coefficient (Wildman–Crippen LogP) is 3.62. The zero-order chi connectivity index (χ0) is 14.0. The van der Waals surface area contributed by atoms with Crippen LogP contribution in [0, 0.1) is 0 Å². The molecule has 0 fully saturated rings. The molecule has 0 amide bonds. The van der Waals surface area contributed by atoms with Crippen LogP contribution in [0.25, 0.3) is 0 Å². The summed E-state index contributed by atoms with van der Waals surface area (Å²) in [6, 6.07) is 18.5. The van der Waals surface area contributed by atoms with Gasteiger partial charge in [-0.15, -0.1) is 0 Å². The Balaban J connectivity index is 1.67. The lowest BCUT2D eigenvalue weighted by Gasteiger charge is -2.07. The molecule has 0 atom stereocenters. The lowest BCUT2D eigenvalue weighted by molar-refractivity contribution is 0.297. The number of hydrogen-bond acceptors (Lipinski definition) is 2. The molecule has 0 aliphatic carbocycles. The molecule has 2 aromatic rings. The lowest BCUT2D eigenvalue weighted by atomic mass is 10.1. The minimum Gasteiger partial charge on any atom is -0.494 e. The van der Waals surface area contributed by atoms with Gasteiger partial charge >= 0.3 is 0 Å². The minimum atomic E-state index is 0.181. The maximum atomic E-state index is 8.92. The molecule has 0 saturated heterocycles. The van der Waals surface area contributed by atoms with E-state index < -0.39 is 0 Å². The van der Waals surface area contributed by atoms with Gasteiger partial charge in [0.25, 0.3) is 0 Å². The Morgan fingerprint density at radius 3 is 2.40 bits per heavy atom. The number of hydrogen-bond donors (Lipinski definition) is 1. The Kier molecular flexibility index (Phi) is 6.12. The molecule has 0 bridgehead atoms. The Hall–Kier alpha value is -1.80. The maximum absolute atomic E-state index is 8.92. The van der Waals surface area contributed by atoms with Gasteiger partial charge in [-0.25, -0.2) is 0 Å². The number of benzene rings is 2. The van der Waals surface area contributed by atoms with Crippen molar-refractivity contribution in [2.75, 3.05) is 13.2 Å². The van der Waals surface area contributed by atoms with Crippen LogP contribution in [0.5, 0.6) is 5.75 Å². The van der Waals surface area contributed by atoms with E-state index in [2.05, 4.69) is 24.3 Å². The number of aliphatic hydroxyl groups excluding tert-OH is 1. The number of rotatable bonds is 8. The molecule has 0 radical (unpaired) electrons. The molecule has 0 aliphatic heterocycles. The lowest BCUT2D eigenvalue weighted by Crippen LogP contribution is -1.99. The summed E-state index contributed by atoms with van der Waals surface area (Å²) < 4.78 is 5.75. The van der Waals surface area contributed by atoms with Crippen LogP contribution in [0.1, 0.15) is 24.0 Å². The summed E-state index contributed by atoms with van der Waals surface area (Å²) >= 11 is 0. The molecule has 2 nitrogen and oxygen atoms in total. The highest BCUT2D eigenvalue weighted by atomic mass is 16.5. The summed E-state index contributed by atoms with van der Waals surface area (Å²) in [6.45, 7) is 0.927. The summed E-state index contributed by atoms with van der Waals surface area (Å²) in [4.78, 5) is 0. The standard InChI is InChI=1S/C18H22O2/c19-13-12-17-10-6-11-18(15-17)20-14-5-4-9-16-7-2-1-3-8-16/h1-3,6-8,10-11,15,19H,4-5,9,12-14H2. The average molecular weight is 270 g/mol. The van der Waals surface area contributed by atoms with Crippen molar-refractivity contribution in [1.29, 1.82) is 0 Å². The first-order valence-corrected chi connectivity index (χ1v) is 7.25. The molecule has 106 valence electrons. The second kappa shape index (κ2) is 8.39. The second-order valence-electron chi connectivity index (χ2n) is 4.91. The summed E-state index contributed by atoms with van der Waals surface area (Å²) in [5.74, 6) is 0.899. The highest BCUT2D eigenvalue weighted by Gasteiger charge is 1.97. The topological polar surface area (TPSA) is 29.5 Å². The first-order chi connectivity index (χ1) is 9.88.